The molecule has 0 atom stereocenters. The highest BCUT2D eigenvalue weighted by Gasteiger charge is 2.14. The van der Waals surface area contributed by atoms with Crippen LogP contribution in [-0.2, 0) is 11.2 Å². The Morgan fingerprint density at radius 3 is 2.39 bits per heavy atom. The topological polar surface area (TPSA) is 77.0 Å². The normalized spacial score (nSPS) is 10.7. The van der Waals surface area contributed by atoms with E-state index in [2.05, 4.69) is 15.6 Å². The summed E-state index contributed by atoms with van der Waals surface area (Å²) in [6.45, 7) is 8.97. The number of carbonyl (C=O) groups is 2. The maximum absolute atomic E-state index is 12.3. The van der Waals surface area contributed by atoms with E-state index >= 15 is 0 Å². The lowest BCUT2D eigenvalue weighted by Crippen LogP contribution is -2.45. The van der Waals surface area contributed by atoms with Gasteiger partial charge >= 0.3 is 0 Å². The Labute approximate surface area is 186 Å². The molecule has 0 aliphatic carbocycles. The lowest BCUT2D eigenvalue weighted by Gasteiger charge is -2.25. The molecule has 0 spiro atoms. The van der Waals surface area contributed by atoms with Gasteiger partial charge in [-0.2, -0.15) is 0 Å². The predicted molar refractivity (Wildman–Crippen MR) is 125 cm³/mol. The van der Waals surface area contributed by atoms with Crippen molar-refractivity contribution in [1.29, 1.82) is 0 Å². The van der Waals surface area contributed by atoms with Gasteiger partial charge in [-0.3, -0.25) is 14.6 Å². The first-order valence-corrected chi connectivity index (χ1v) is 9.54. The van der Waals surface area contributed by atoms with Crippen LogP contribution in [0.25, 0.3) is 0 Å². The number of aliphatic imine (C=N–C) groups is 1. The van der Waals surface area contributed by atoms with Crippen LogP contribution in [0.4, 0.5) is 0 Å². The van der Waals surface area contributed by atoms with E-state index in [1.54, 1.807) is 13.1 Å². The first-order valence-electron chi connectivity index (χ1n) is 9.54. The van der Waals surface area contributed by atoms with Crippen molar-refractivity contribution >= 4 is 41.8 Å². The quantitative estimate of drug-likeness (QED) is 0.307. The second-order valence-electron chi connectivity index (χ2n) is 6.19. The third-order valence-corrected chi connectivity index (χ3v) is 4.26. The van der Waals surface area contributed by atoms with E-state index in [1.165, 1.54) is 0 Å². The molecule has 158 valence electrons. The van der Waals surface area contributed by atoms with E-state index in [1.807, 2.05) is 55.8 Å². The van der Waals surface area contributed by atoms with Gasteiger partial charge < -0.3 is 20.4 Å². The summed E-state index contributed by atoms with van der Waals surface area (Å²) in [5.41, 5.74) is 1.70. The molecule has 1 rings (SSSR count). The fourth-order valence-corrected chi connectivity index (χ4v) is 2.73. The summed E-state index contributed by atoms with van der Waals surface area (Å²) in [7, 11) is 3.49. The number of carbonyl (C=O) groups excluding carboxylic acids is 2. The zero-order chi connectivity index (χ0) is 20.2. The number of nitrogens with one attached hydrogen (secondary N) is 2. The van der Waals surface area contributed by atoms with Crippen LogP contribution in [-0.4, -0.2) is 74.4 Å². The molecule has 0 saturated heterocycles. The molecule has 7 nitrogen and oxygen atoms in total. The van der Waals surface area contributed by atoms with Crippen molar-refractivity contribution in [3.05, 3.63) is 35.4 Å². The average Bonchev–Trinajstić information content (AvgIpc) is 2.67. The van der Waals surface area contributed by atoms with Crippen molar-refractivity contribution in [1.82, 2.24) is 20.4 Å². The third kappa shape index (κ3) is 8.45. The van der Waals surface area contributed by atoms with E-state index in [9.17, 15) is 9.59 Å². The van der Waals surface area contributed by atoms with Gasteiger partial charge in [-0.25, -0.2) is 0 Å². The van der Waals surface area contributed by atoms with Gasteiger partial charge in [0.25, 0.3) is 5.91 Å². The number of hydrogen-bond donors (Lipinski definition) is 2. The molecule has 0 fully saturated rings. The fraction of sp³-hybridized carbons (Fsp3) is 0.550. The van der Waals surface area contributed by atoms with Crippen LogP contribution in [0.2, 0.25) is 0 Å². The Hall–Kier alpha value is -1.84. The summed E-state index contributed by atoms with van der Waals surface area (Å²) in [5, 5.41) is 5.86. The molecular weight excluding hydrogens is 469 g/mol. The Balaban J connectivity index is 0.00000729. The number of amides is 2. The highest BCUT2D eigenvalue weighted by molar-refractivity contribution is 14.0. The molecule has 0 unspecified atom stereocenters. The van der Waals surface area contributed by atoms with Crippen LogP contribution in [0.1, 0.15) is 36.7 Å². The van der Waals surface area contributed by atoms with Gasteiger partial charge in [0.15, 0.2) is 5.96 Å². The van der Waals surface area contributed by atoms with Gasteiger partial charge in [0.2, 0.25) is 5.91 Å². The summed E-state index contributed by atoms with van der Waals surface area (Å²) >= 11 is 0. The minimum absolute atomic E-state index is 0. The van der Waals surface area contributed by atoms with Gasteiger partial charge in [0, 0.05) is 45.8 Å². The number of benzene rings is 1. The zero-order valence-corrected chi connectivity index (χ0v) is 19.9. The number of nitrogens with zero attached hydrogens (tertiary/aromatic N) is 3. The Morgan fingerprint density at radius 1 is 1.14 bits per heavy atom. The monoisotopic (exact) mass is 503 g/mol. The van der Waals surface area contributed by atoms with Crippen LogP contribution in [0, 0.1) is 0 Å². The molecule has 1 aromatic rings. The SMILES string of the molecule is CCNC(=NCCc1cccc(C(=O)NC)c1)N(C)CC(=O)N(CC)CC.I. The molecular formula is C20H34IN5O2. The molecule has 0 radical (unpaired) electrons. The van der Waals surface area contributed by atoms with Gasteiger partial charge in [-0.05, 0) is 44.9 Å². The standard InChI is InChI=1S/C20H33N5O2.HI/c1-6-22-20(24(5)15-18(26)25(7-2)8-3)23-13-12-16-10-9-11-17(14-16)19(27)21-4;/h9-11,14H,6-8,12-13,15H2,1-5H3,(H,21,27)(H,22,23);1H. The first kappa shape index (κ1) is 26.2. The summed E-state index contributed by atoms with van der Waals surface area (Å²) in [5.74, 6) is 0.704. The van der Waals surface area contributed by atoms with E-state index in [-0.39, 0.29) is 35.8 Å². The van der Waals surface area contributed by atoms with Crippen LogP contribution >= 0.6 is 24.0 Å². The molecule has 0 aromatic heterocycles. The van der Waals surface area contributed by atoms with Gasteiger partial charge in [0.05, 0.1) is 6.54 Å². The molecule has 28 heavy (non-hydrogen) atoms. The van der Waals surface area contributed by atoms with Gasteiger partial charge in [-0.15, -0.1) is 24.0 Å². The molecule has 2 N–H and O–H groups in total. The minimum atomic E-state index is -0.0941. The number of likely N-dealkylation sites (N-methyl/N-ethyl adjacent to an activating group) is 2. The Bertz CT molecular complexity index is 647. The zero-order valence-electron chi connectivity index (χ0n) is 17.6. The van der Waals surface area contributed by atoms with Crippen LogP contribution in [0.3, 0.4) is 0 Å². The van der Waals surface area contributed by atoms with Crippen LogP contribution in [0.15, 0.2) is 29.3 Å². The fourth-order valence-electron chi connectivity index (χ4n) is 2.73. The molecule has 0 aliphatic heterocycles. The number of rotatable bonds is 9. The van der Waals surface area contributed by atoms with E-state index in [4.69, 9.17) is 0 Å². The van der Waals surface area contributed by atoms with Crippen LogP contribution < -0.4 is 10.6 Å². The number of halogens is 1. The largest absolute Gasteiger partial charge is 0.357 e. The average molecular weight is 503 g/mol. The molecule has 0 heterocycles. The molecule has 2 amide bonds. The number of guanidine groups is 1. The minimum Gasteiger partial charge on any atom is -0.357 e. The molecule has 8 heteroatoms. The summed E-state index contributed by atoms with van der Waals surface area (Å²) in [4.78, 5) is 32.3. The van der Waals surface area contributed by atoms with Crippen molar-refractivity contribution in [2.45, 2.75) is 27.2 Å². The molecule has 0 saturated carbocycles. The number of hydrogen-bond acceptors (Lipinski definition) is 3. The highest BCUT2D eigenvalue weighted by Crippen LogP contribution is 2.06. The molecule has 0 aliphatic rings. The first-order chi connectivity index (χ1) is 13.0. The van der Waals surface area contributed by atoms with Crippen molar-refractivity contribution in [3.63, 3.8) is 0 Å². The molecule has 1 aromatic carbocycles. The Morgan fingerprint density at radius 2 is 1.82 bits per heavy atom. The third-order valence-electron chi connectivity index (χ3n) is 4.26. The van der Waals surface area contributed by atoms with Crippen LogP contribution in [0.5, 0.6) is 0 Å². The second-order valence-corrected chi connectivity index (χ2v) is 6.19. The summed E-state index contributed by atoms with van der Waals surface area (Å²) in [6, 6.07) is 7.54. The lowest BCUT2D eigenvalue weighted by molar-refractivity contribution is -0.131. The highest BCUT2D eigenvalue weighted by atomic mass is 127. The van der Waals surface area contributed by atoms with Crippen molar-refractivity contribution in [2.75, 3.05) is 46.8 Å². The maximum Gasteiger partial charge on any atom is 0.251 e. The summed E-state index contributed by atoms with van der Waals surface area (Å²) < 4.78 is 0. The van der Waals surface area contributed by atoms with Gasteiger partial charge in [0.1, 0.15) is 0 Å². The second kappa shape index (κ2) is 14.2. The lowest BCUT2D eigenvalue weighted by atomic mass is 10.1. The smallest absolute Gasteiger partial charge is 0.251 e. The molecule has 0 bridgehead atoms. The Kier molecular flexibility index (Phi) is 13.3. The van der Waals surface area contributed by atoms with Crippen molar-refractivity contribution < 1.29 is 9.59 Å². The van der Waals surface area contributed by atoms with Gasteiger partial charge in [-0.1, -0.05) is 12.1 Å². The van der Waals surface area contributed by atoms with E-state index in [0.29, 0.717) is 37.7 Å². The summed E-state index contributed by atoms with van der Waals surface area (Å²) in [6.07, 6.45) is 0.720. The predicted octanol–water partition coefficient (Wildman–Crippen LogP) is 1.97. The van der Waals surface area contributed by atoms with E-state index < -0.39 is 0 Å². The maximum atomic E-state index is 12.3. The van der Waals surface area contributed by atoms with E-state index in [0.717, 1.165) is 18.5 Å². The van der Waals surface area contributed by atoms with Crippen molar-refractivity contribution in [2.24, 2.45) is 4.99 Å². The van der Waals surface area contributed by atoms with Crippen molar-refractivity contribution in [3.8, 4) is 0 Å².